The van der Waals surface area contributed by atoms with E-state index in [4.69, 9.17) is 0 Å². The third kappa shape index (κ3) is 2.67. The summed E-state index contributed by atoms with van der Waals surface area (Å²) < 4.78 is 0. The Morgan fingerprint density at radius 2 is 1.67 bits per heavy atom. The molecule has 0 aliphatic heterocycles. The molecule has 78 valence electrons. The second-order valence-electron chi connectivity index (χ2n) is 3.17. The highest BCUT2D eigenvalue weighted by atomic mass is 14.8. The lowest BCUT2D eigenvalue weighted by Crippen LogP contribution is -2.05. The summed E-state index contributed by atoms with van der Waals surface area (Å²) >= 11 is 0. The molecule has 0 fully saturated rings. The SMILES string of the molecule is C=C.CNCc1cccc2ccccc12. The zero-order chi connectivity index (χ0) is 11.1. The predicted octanol–water partition coefficient (Wildman–Crippen LogP) is 3.36. The monoisotopic (exact) mass is 199 g/mol. The van der Waals surface area contributed by atoms with Gasteiger partial charge in [-0.25, -0.2) is 0 Å². The van der Waals surface area contributed by atoms with E-state index in [0.29, 0.717) is 0 Å². The zero-order valence-electron chi connectivity index (χ0n) is 9.16. The van der Waals surface area contributed by atoms with Gasteiger partial charge < -0.3 is 5.32 Å². The molecule has 1 nitrogen and oxygen atoms in total. The molecule has 1 heteroatoms. The van der Waals surface area contributed by atoms with E-state index in [-0.39, 0.29) is 0 Å². The molecule has 0 radical (unpaired) electrons. The fourth-order valence-electron chi connectivity index (χ4n) is 1.64. The number of fused-ring (bicyclic) bond motifs is 1. The predicted molar refractivity (Wildman–Crippen MR) is 68.0 cm³/mol. The van der Waals surface area contributed by atoms with Gasteiger partial charge in [0.1, 0.15) is 0 Å². The van der Waals surface area contributed by atoms with Crippen LogP contribution in [0.1, 0.15) is 5.56 Å². The smallest absolute Gasteiger partial charge is 0.0208 e. The summed E-state index contributed by atoms with van der Waals surface area (Å²) in [5.74, 6) is 0. The highest BCUT2D eigenvalue weighted by Crippen LogP contribution is 2.17. The van der Waals surface area contributed by atoms with Crippen molar-refractivity contribution >= 4 is 10.8 Å². The van der Waals surface area contributed by atoms with E-state index in [2.05, 4.69) is 60.9 Å². The Hall–Kier alpha value is -1.60. The van der Waals surface area contributed by atoms with Crippen LogP contribution in [-0.4, -0.2) is 7.05 Å². The van der Waals surface area contributed by atoms with Crippen molar-refractivity contribution in [1.29, 1.82) is 0 Å². The molecule has 0 heterocycles. The first-order chi connectivity index (χ1) is 7.42. The molecule has 0 unspecified atom stereocenters. The van der Waals surface area contributed by atoms with Crippen molar-refractivity contribution in [2.45, 2.75) is 6.54 Å². The van der Waals surface area contributed by atoms with Gasteiger partial charge in [0.25, 0.3) is 0 Å². The molecule has 0 bridgehead atoms. The highest BCUT2D eigenvalue weighted by molar-refractivity contribution is 5.85. The van der Waals surface area contributed by atoms with Gasteiger partial charge in [-0.1, -0.05) is 42.5 Å². The van der Waals surface area contributed by atoms with Crippen molar-refractivity contribution in [3.8, 4) is 0 Å². The van der Waals surface area contributed by atoms with Crippen LogP contribution in [-0.2, 0) is 6.54 Å². The Morgan fingerprint density at radius 3 is 2.40 bits per heavy atom. The van der Waals surface area contributed by atoms with Crippen molar-refractivity contribution in [3.05, 3.63) is 61.2 Å². The van der Waals surface area contributed by atoms with Crippen LogP contribution < -0.4 is 5.32 Å². The molecule has 1 N–H and O–H groups in total. The van der Waals surface area contributed by atoms with Crippen molar-refractivity contribution in [1.82, 2.24) is 5.32 Å². The van der Waals surface area contributed by atoms with Gasteiger partial charge >= 0.3 is 0 Å². The van der Waals surface area contributed by atoms with E-state index in [1.54, 1.807) is 0 Å². The summed E-state index contributed by atoms with van der Waals surface area (Å²) in [6.07, 6.45) is 0. The van der Waals surface area contributed by atoms with E-state index >= 15 is 0 Å². The van der Waals surface area contributed by atoms with E-state index in [9.17, 15) is 0 Å². The first-order valence-corrected chi connectivity index (χ1v) is 5.03. The quantitative estimate of drug-likeness (QED) is 0.731. The molecule has 15 heavy (non-hydrogen) atoms. The Kier molecular flexibility index (Phi) is 4.58. The molecule has 0 saturated heterocycles. The zero-order valence-corrected chi connectivity index (χ0v) is 9.16. The molecular formula is C14H17N. The molecule has 0 saturated carbocycles. The van der Waals surface area contributed by atoms with Crippen molar-refractivity contribution in [2.24, 2.45) is 0 Å². The maximum absolute atomic E-state index is 3.18. The van der Waals surface area contributed by atoms with Crippen LogP contribution in [0.3, 0.4) is 0 Å². The van der Waals surface area contributed by atoms with Gasteiger partial charge in [0.15, 0.2) is 0 Å². The molecule has 2 aromatic carbocycles. The van der Waals surface area contributed by atoms with Gasteiger partial charge in [-0.2, -0.15) is 0 Å². The van der Waals surface area contributed by atoms with Gasteiger partial charge in [-0.05, 0) is 23.4 Å². The molecule has 0 atom stereocenters. The summed E-state index contributed by atoms with van der Waals surface area (Å²) in [6.45, 7) is 6.93. The minimum Gasteiger partial charge on any atom is -0.316 e. The molecule has 0 spiro atoms. The fraction of sp³-hybridized carbons (Fsp3) is 0.143. The lowest BCUT2D eigenvalue weighted by atomic mass is 10.0. The first-order valence-electron chi connectivity index (χ1n) is 5.03. The Balaban J connectivity index is 0.000000531. The van der Waals surface area contributed by atoms with Crippen LogP contribution >= 0.6 is 0 Å². The van der Waals surface area contributed by atoms with Gasteiger partial charge in [-0.3, -0.25) is 0 Å². The van der Waals surface area contributed by atoms with Crippen molar-refractivity contribution < 1.29 is 0 Å². The third-order valence-corrected chi connectivity index (χ3v) is 2.25. The van der Waals surface area contributed by atoms with Crippen LogP contribution in [0.4, 0.5) is 0 Å². The first kappa shape index (κ1) is 11.5. The fourth-order valence-corrected chi connectivity index (χ4v) is 1.64. The summed E-state index contributed by atoms with van der Waals surface area (Å²) in [5, 5.41) is 5.84. The van der Waals surface area contributed by atoms with Crippen LogP contribution in [0.2, 0.25) is 0 Å². The topological polar surface area (TPSA) is 12.0 Å². The molecule has 2 aromatic rings. The molecule has 0 aromatic heterocycles. The van der Waals surface area contributed by atoms with E-state index in [1.807, 2.05) is 7.05 Å². The Bertz CT molecular complexity index is 415. The number of benzene rings is 2. The van der Waals surface area contributed by atoms with Crippen LogP contribution in [0, 0.1) is 0 Å². The van der Waals surface area contributed by atoms with Crippen LogP contribution in [0.25, 0.3) is 10.8 Å². The molecule has 0 aliphatic rings. The number of nitrogens with one attached hydrogen (secondary N) is 1. The van der Waals surface area contributed by atoms with Gasteiger partial charge in [0, 0.05) is 6.54 Å². The standard InChI is InChI=1S/C12H13N.C2H4/c1-13-9-11-7-4-6-10-5-2-3-8-12(10)11;1-2/h2-8,13H,9H2,1H3;1-2H2. The summed E-state index contributed by atoms with van der Waals surface area (Å²) in [7, 11) is 1.97. The average molecular weight is 199 g/mol. The second kappa shape index (κ2) is 5.99. The molecule has 2 rings (SSSR count). The average Bonchev–Trinajstić information content (AvgIpc) is 2.33. The summed E-state index contributed by atoms with van der Waals surface area (Å²) in [4.78, 5) is 0. The number of hydrogen-bond donors (Lipinski definition) is 1. The van der Waals surface area contributed by atoms with E-state index in [0.717, 1.165) is 6.54 Å². The largest absolute Gasteiger partial charge is 0.316 e. The van der Waals surface area contributed by atoms with Crippen LogP contribution in [0.5, 0.6) is 0 Å². The maximum Gasteiger partial charge on any atom is 0.0208 e. The van der Waals surface area contributed by atoms with E-state index in [1.165, 1.54) is 16.3 Å². The van der Waals surface area contributed by atoms with Crippen LogP contribution in [0.15, 0.2) is 55.6 Å². The molecule has 0 amide bonds. The number of rotatable bonds is 2. The number of hydrogen-bond acceptors (Lipinski definition) is 1. The third-order valence-electron chi connectivity index (χ3n) is 2.25. The maximum atomic E-state index is 3.18. The van der Waals surface area contributed by atoms with Gasteiger partial charge in [0.05, 0.1) is 0 Å². The minimum atomic E-state index is 0.932. The molecule has 0 aliphatic carbocycles. The Morgan fingerprint density at radius 1 is 1.00 bits per heavy atom. The molecular weight excluding hydrogens is 182 g/mol. The van der Waals surface area contributed by atoms with Crippen molar-refractivity contribution in [3.63, 3.8) is 0 Å². The minimum absolute atomic E-state index is 0.932. The highest BCUT2D eigenvalue weighted by Gasteiger charge is 1.97. The lowest BCUT2D eigenvalue weighted by Gasteiger charge is -2.04. The second-order valence-corrected chi connectivity index (χ2v) is 3.17. The summed E-state index contributed by atoms with van der Waals surface area (Å²) in [6, 6.07) is 14.9. The van der Waals surface area contributed by atoms with Gasteiger partial charge in [0.2, 0.25) is 0 Å². The summed E-state index contributed by atoms with van der Waals surface area (Å²) in [5.41, 5.74) is 1.36. The van der Waals surface area contributed by atoms with E-state index < -0.39 is 0 Å². The lowest BCUT2D eigenvalue weighted by molar-refractivity contribution is 0.824. The normalized spacial score (nSPS) is 9.40. The van der Waals surface area contributed by atoms with Crippen molar-refractivity contribution in [2.75, 3.05) is 7.05 Å². The van der Waals surface area contributed by atoms with Gasteiger partial charge in [-0.15, -0.1) is 13.2 Å². The Labute approximate surface area is 91.4 Å².